The van der Waals surface area contributed by atoms with Crippen molar-refractivity contribution in [1.29, 1.82) is 0 Å². The van der Waals surface area contributed by atoms with Crippen LogP contribution >= 0.6 is 0 Å². The fourth-order valence-corrected chi connectivity index (χ4v) is 2.99. The molecular formula is C23H21N3O4. The van der Waals surface area contributed by atoms with Gasteiger partial charge in [-0.15, -0.1) is 0 Å². The van der Waals surface area contributed by atoms with E-state index in [1.54, 1.807) is 37.5 Å². The molecule has 7 heteroatoms. The lowest BCUT2D eigenvalue weighted by molar-refractivity contribution is 0.102. The van der Waals surface area contributed by atoms with Crippen molar-refractivity contribution in [3.05, 3.63) is 83.3 Å². The summed E-state index contributed by atoms with van der Waals surface area (Å²) >= 11 is 0. The molecule has 1 N–H and O–H groups in total. The first kappa shape index (κ1) is 19.4. The normalized spacial score (nSPS) is 10.8. The number of aromatic nitrogens is 2. The van der Waals surface area contributed by atoms with E-state index in [0.29, 0.717) is 29.5 Å². The molecule has 7 nitrogen and oxygen atoms in total. The molecule has 0 unspecified atom stereocenters. The van der Waals surface area contributed by atoms with Crippen LogP contribution in [0.15, 0.2) is 63.7 Å². The summed E-state index contributed by atoms with van der Waals surface area (Å²) in [5, 5.41) is 6.80. The largest absolute Gasteiger partial charge is 0.489 e. The van der Waals surface area contributed by atoms with Gasteiger partial charge in [-0.1, -0.05) is 17.3 Å². The van der Waals surface area contributed by atoms with Crippen molar-refractivity contribution < 1.29 is 18.5 Å². The second-order valence-electron chi connectivity index (χ2n) is 6.90. The third-order valence-corrected chi connectivity index (χ3v) is 4.74. The van der Waals surface area contributed by atoms with Crippen molar-refractivity contribution in [2.75, 3.05) is 5.32 Å². The number of hydrogen-bond donors (Lipinski definition) is 1. The van der Waals surface area contributed by atoms with Crippen molar-refractivity contribution in [2.24, 2.45) is 0 Å². The van der Waals surface area contributed by atoms with Gasteiger partial charge in [-0.3, -0.25) is 4.79 Å². The van der Waals surface area contributed by atoms with E-state index in [0.717, 1.165) is 28.3 Å². The van der Waals surface area contributed by atoms with Crippen molar-refractivity contribution in [2.45, 2.75) is 27.4 Å². The van der Waals surface area contributed by atoms with Crippen LogP contribution < -0.4 is 10.1 Å². The van der Waals surface area contributed by atoms with Gasteiger partial charge in [0.25, 0.3) is 5.91 Å². The number of nitrogens with zero attached hydrogens (tertiary/aromatic N) is 2. The maximum atomic E-state index is 12.5. The average Bonchev–Trinajstić information content (AvgIpc) is 3.32. The molecule has 1 amide bonds. The van der Waals surface area contributed by atoms with Crippen molar-refractivity contribution in [3.8, 4) is 17.0 Å². The lowest BCUT2D eigenvalue weighted by Crippen LogP contribution is -2.11. The van der Waals surface area contributed by atoms with Gasteiger partial charge in [-0.2, -0.15) is 0 Å². The van der Waals surface area contributed by atoms with Gasteiger partial charge in [-0.05, 0) is 50.2 Å². The second kappa shape index (κ2) is 8.24. The molecule has 2 heterocycles. The van der Waals surface area contributed by atoms with Gasteiger partial charge >= 0.3 is 0 Å². The summed E-state index contributed by atoms with van der Waals surface area (Å²) < 4.78 is 16.1. The highest BCUT2D eigenvalue weighted by atomic mass is 16.5. The fraction of sp³-hybridized carbons (Fsp3) is 0.174. The average molecular weight is 403 g/mol. The number of hydrogen-bond acceptors (Lipinski definition) is 6. The highest BCUT2D eigenvalue weighted by Crippen LogP contribution is 2.22. The summed E-state index contributed by atoms with van der Waals surface area (Å²) in [6.45, 7) is 5.89. The second-order valence-corrected chi connectivity index (χ2v) is 6.90. The molecule has 0 spiro atoms. The number of aryl methyl sites for hydroxylation is 3. The third-order valence-electron chi connectivity index (χ3n) is 4.74. The summed E-state index contributed by atoms with van der Waals surface area (Å²) in [4.78, 5) is 16.8. The molecule has 152 valence electrons. The molecule has 0 aliphatic heterocycles. The predicted octanol–water partition coefficient (Wildman–Crippen LogP) is 5.09. The Bertz CT molecular complexity index is 1140. The number of anilines is 1. The number of benzene rings is 2. The predicted molar refractivity (Wildman–Crippen MR) is 111 cm³/mol. The zero-order valence-electron chi connectivity index (χ0n) is 16.9. The quantitative estimate of drug-likeness (QED) is 0.482. The highest BCUT2D eigenvalue weighted by molar-refractivity contribution is 6.04. The van der Waals surface area contributed by atoms with Crippen LogP contribution in [0, 0.1) is 20.8 Å². The minimum atomic E-state index is -0.197. The molecule has 4 aromatic rings. The van der Waals surface area contributed by atoms with Crippen LogP contribution in [-0.2, 0) is 6.61 Å². The number of carbonyl (C=O) groups excluding carboxylic acids is 1. The van der Waals surface area contributed by atoms with Crippen LogP contribution in [0.5, 0.6) is 5.75 Å². The molecule has 2 aromatic carbocycles. The molecule has 0 aliphatic carbocycles. The van der Waals surface area contributed by atoms with Crippen LogP contribution in [0.2, 0.25) is 0 Å². The van der Waals surface area contributed by atoms with Crippen molar-refractivity contribution in [1.82, 2.24) is 10.1 Å². The standard InChI is InChI=1S/C23H21N3O4/c1-14-21(15(2)30-26-14)12-29-20-10-6-18(7-11-20)23(27)25-19-8-4-17(5-9-19)22-13-28-16(3)24-22/h4-11,13H,12H2,1-3H3,(H,25,27). The molecule has 4 rings (SSSR count). The molecule has 0 fully saturated rings. The van der Waals surface area contributed by atoms with Gasteiger partial charge in [-0.25, -0.2) is 4.98 Å². The van der Waals surface area contributed by atoms with Crippen LogP contribution in [-0.4, -0.2) is 16.0 Å². The number of ether oxygens (including phenoxy) is 1. The molecular weight excluding hydrogens is 382 g/mol. The molecule has 0 atom stereocenters. The Kier molecular flexibility index (Phi) is 5.34. The monoisotopic (exact) mass is 403 g/mol. The van der Waals surface area contributed by atoms with Gasteiger partial charge in [0.1, 0.15) is 30.1 Å². The zero-order valence-corrected chi connectivity index (χ0v) is 16.9. The summed E-state index contributed by atoms with van der Waals surface area (Å²) in [5.41, 5.74) is 4.66. The van der Waals surface area contributed by atoms with Gasteiger partial charge in [0.15, 0.2) is 5.89 Å². The van der Waals surface area contributed by atoms with E-state index in [1.807, 2.05) is 38.1 Å². The Morgan fingerprint density at radius 2 is 1.77 bits per heavy atom. The SMILES string of the molecule is Cc1nc(-c2ccc(NC(=O)c3ccc(OCc4c(C)noc4C)cc3)cc2)co1. The van der Waals surface area contributed by atoms with Gasteiger partial charge in [0.05, 0.1) is 11.3 Å². The smallest absolute Gasteiger partial charge is 0.255 e. The Morgan fingerprint density at radius 3 is 2.37 bits per heavy atom. The first-order valence-corrected chi connectivity index (χ1v) is 9.48. The van der Waals surface area contributed by atoms with Gasteiger partial charge < -0.3 is 19.0 Å². The molecule has 0 saturated carbocycles. The van der Waals surface area contributed by atoms with E-state index < -0.39 is 0 Å². The fourth-order valence-electron chi connectivity index (χ4n) is 2.99. The molecule has 30 heavy (non-hydrogen) atoms. The summed E-state index contributed by atoms with van der Waals surface area (Å²) in [5.74, 6) is 1.82. The number of nitrogens with one attached hydrogen (secondary N) is 1. The van der Waals surface area contributed by atoms with E-state index in [4.69, 9.17) is 13.7 Å². The summed E-state index contributed by atoms with van der Waals surface area (Å²) in [6.07, 6.45) is 1.61. The lowest BCUT2D eigenvalue weighted by atomic mass is 10.1. The summed E-state index contributed by atoms with van der Waals surface area (Å²) in [7, 11) is 0. The Balaban J connectivity index is 1.36. The van der Waals surface area contributed by atoms with Crippen LogP contribution in [0.25, 0.3) is 11.3 Å². The molecule has 2 aromatic heterocycles. The molecule has 0 bridgehead atoms. The molecule has 0 aliphatic rings. The minimum Gasteiger partial charge on any atom is -0.489 e. The first-order valence-electron chi connectivity index (χ1n) is 9.48. The van der Waals surface area contributed by atoms with Crippen LogP contribution in [0.4, 0.5) is 5.69 Å². The van der Waals surface area contributed by atoms with E-state index in [9.17, 15) is 4.79 Å². The number of rotatable bonds is 6. The zero-order chi connectivity index (χ0) is 21.1. The van der Waals surface area contributed by atoms with Crippen LogP contribution in [0.1, 0.15) is 33.3 Å². The van der Waals surface area contributed by atoms with E-state index in [2.05, 4.69) is 15.5 Å². The topological polar surface area (TPSA) is 90.4 Å². The highest BCUT2D eigenvalue weighted by Gasteiger charge is 2.11. The Morgan fingerprint density at radius 1 is 1.03 bits per heavy atom. The number of carbonyl (C=O) groups is 1. The third kappa shape index (κ3) is 4.25. The van der Waals surface area contributed by atoms with E-state index in [1.165, 1.54) is 0 Å². The Hall–Kier alpha value is -3.87. The maximum Gasteiger partial charge on any atom is 0.255 e. The minimum absolute atomic E-state index is 0.197. The number of oxazole rings is 1. The van der Waals surface area contributed by atoms with Crippen molar-refractivity contribution in [3.63, 3.8) is 0 Å². The first-order chi connectivity index (χ1) is 14.5. The van der Waals surface area contributed by atoms with E-state index >= 15 is 0 Å². The number of amides is 1. The van der Waals surface area contributed by atoms with Crippen LogP contribution in [0.3, 0.4) is 0 Å². The van der Waals surface area contributed by atoms with E-state index in [-0.39, 0.29) is 5.91 Å². The molecule has 0 saturated heterocycles. The maximum absolute atomic E-state index is 12.5. The lowest BCUT2D eigenvalue weighted by Gasteiger charge is -2.08. The van der Waals surface area contributed by atoms with Crippen molar-refractivity contribution >= 4 is 11.6 Å². The molecule has 0 radical (unpaired) electrons. The van der Waals surface area contributed by atoms with Gasteiger partial charge in [0.2, 0.25) is 0 Å². The summed E-state index contributed by atoms with van der Waals surface area (Å²) in [6, 6.07) is 14.4. The van der Waals surface area contributed by atoms with Gasteiger partial charge in [0, 0.05) is 23.7 Å². The Labute approximate surface area is 173 Å².